The second kappa shape index (κ2) is 0.997. The first-order valence-corrected chi connectivity index (χ1v) is 2.76. The van der Waals surface area contributed by atoms with E-state index in [1.54, 1.807) is 0 Å². The third-order valence-electron chi connectivity index (χ3n) is 1.72. The van der Waals surface area contributed by atoms with Crippen LogP contribution in [0.3, 0.4) is 0 Å². The van der Waals surface area contributed by atoms with Crippen LogP contribution in [0.1, 0.15) is 12.8 Å². The van der Waals surface area contributed by atoms with Crippen LogP contribution in [-0.2, 0) is 0 Å². The molecule has 1 unspecified atom stereocenters. The molecule has 0 aromatic rings. The molecule has 0 aromatic heterocycles. The molecule has 2 heterocycles. The summed E-state index contributed by atoms with van der Waals surface area (Å²) in [6.07, 6.45) is 4.57. The van der Waals surface area contributed by atoms with E-state index >= 15 is 0 Å². The Morgan fingerprint density at radius 1 is 1.71 bits per heavy atom. The van der Waals surface area contributed by atoms with Crippen LogP contribution >= 0.6 is 0 Å². The van der Waals surface area contributed by atoms with Gasteiger partial charge in [-0.3, -0.25) is 5.01 Å². The molecule has 2 heteroatoms. The van der Waals surface area contributed by atoms with Gasteiger partial charge in [-0.25, -0.2) is 0 Å². The Balaban J connectivity index is 2.14. The number of hydrogen-bond donors (Lipinski definition) is 0. The molecule has 0 aliphatic carbocycles. The monoisotopic (exact) mass is 96.1 g/mol. The van der Waals surface area contributed by atoms with Crippen LogP contribution < -0.4 is 0 Å². The van der Waals surface area contributed by atoms with E-state index in [9.17, 15) is 0 Å². The van der Waals surface area contributed by atoms with Gasteiger partial charge in [-0.2, -0.15) is 5.10 Å². The van der Waals surface area contributed by atoms with E-state index in [1.807, 2.05) is 6.21 Å². The second-order valence-corrected chi connectivity index (χ2v) is 2.14. The first-order chi connectivity index (χ1) is 3.47. The molecule has 0 aromatic carbocycles. The first-order valence-electron chi connectivity index (χ1n) is 2.76. The lowest BCUT2D eigenvalue weighted by molar-refractivity contribution is 0.120. The normalized spacial score (nSPS) is 35.4. The highest BCUT2D eigenvalue weighted by Gasteiger charge is 2.28. The Hall–Kier alpha value is -0.530. The molecule has 1 fully saturated rings. The third-order valence-corrected chi connectivity index (χ3v) is 1.72. The summed E-state index contributed by atoms with van der Waals surface area (Å²) in [5.74, 6) is 0. The lowest BCUT2D eigenvalue weighted by Crippen LogP contribution is -2.39. The van der Waals surface area contributed by atoms with Crippen LogP contribution in [0.15, 0.2) is 5.10 Å². The van der Waals surface area contributed by atoms with E-state index in [0.29, 0.717) is 0 Å². The number of hydrazone groups is 1. The number of nitrogens with zero attached hydrogens (tertiary/aromatic N) is 2. The Bertz CT molecular complexity index is 109. The van der Waals surface area contributed by atoms with E-state index in [-0.39, 0.29) is 0 Å². The molecule has 1 atom stereocenters. The molecule has 38 valence electrons. The Kier molecular flexibility index (Phi) is 0.494. The van der Waals surface area contributed by atoms with Crippen LogP contribution in [-0.4, -0.2) is 23.8 Å². The molecule has 0 spiro atoms. The zero-order valence-corrected chi connectivity index (χ0v) is 4.17. The van der Waals surface area contributed by atoms with Crippen molar-refractivity contribution in [1.29, 1.82) is 0 Å². The smallest absolute Gasteiger partial charge is 0.0538 e. The maximum Gasteiger partial charge on any atom is 0.0538 e. The maximum atomic E-state index is 4.11. The summed E-state index contributed by atoms with van der Waals surface area (Å²) in [6, 6.07) is 0.806. The van der Waals surface area contributed by atoms with Gasteiger partial charge in [0, 0.05) is 19.2 Å². The Morgan fingerprint density at radius 3 is 3.00 bits per heavy atom. The highest BCUT2D eigenvalue weighted by atomic mass is 15.5. The molecule has 0 amide bonds. The first kappa shape index (κ1) is 3.47. The minimum atomic E-state index is 0.806. The van der Waals surface area contributed by atoms with Crippen LogP contribution in [0.4, 0.5) is 0 Å². The van der Waals surface area contributed by atoms with E-state index in [0.717, 1.165) is 6.04 Å². The molecule has 0 bridgehead atoms. The Labute approximate surface area is 42.8 Å². The van der Waals surface area contributed by atoms with Crippen molar-refractivity contribution in [3.63, 3.8) is 0 Å². The standard InChI is InChI=1S/C5H8N2/c1-3-6-7-4-2-5(1)7/h3,5H,1-2,4H2. The van der Waals surface area contributed by atoms with Crippen LogP contribution in [0.2, 0.25) is 0 Å². The lowest BCUT2D eigenvalue weighted by atomic mass is 10.1. The van der Waals surface area contributed by atoms with Crippen LogP contribution in [0, 0.1) is 0 Å². The topological polar surface area (TPSA) is 15.6 Å². The fourth-order valence-electron chi connectivity index (χ4n) is 1.09. The average molecular weight is 96.1 g/mol. The summed E-state index contributed by atoms with van der Waals surface area (Å²) in [4.78, 5) is 0. The number of rotatable bonds is 0. The molecule has 7 heavy (non-hydrogen) atoms. The average Bonchev–Trinajstić information content (AvgIpc) is 1.85. The minimum absolute atomic E-state index is 0.806. The maximum absolute atomic E-state index is 4.11. The lowest BCUT2D eigenvalue weighted by Gasteiger charge is -2.33. The van der Waals surface area contributed by atoms with Crippen molar-refractivity contribution in [2.75, 3.05) is 6.54 Å². The molecule has 0 radical (unpaired) electrons. The summed E-state index contributed by atoms with van der Waals surface area (Å²) in [5.41, 5.74) is 0. The molecule has 2 aliphatic heterocycles. The van der Waals surface area contributed by atoms with Gasteiger partial charge in [0.2, 0.25) is 0 Å². The molecule has 2 nitrogen and oxygen atoms in total. The van der Waals surface area contributed by atoms with Gasteiger partial charge in [0.25, 0.3) is 0 Å². The van der Waals surface area contributed by atoms with E-state index in [4.69, 9.17) is 0 Å². The zero-order valence-electron chi connectivity index (χ0n) is 4.17. The minimum Gasteiger partial charge on any atom is -0.294 e. The van der Waals surface area contributed by atoms with E-state index < -0.39 is 0 Å². The fourth-order valence-corrected chi connectivity index (χ4v) is 1.09. The van der Waals surface area contributed by atoms with Gasteiger partial charge in [-0.05, 0) is 6.42 Å². The molecule has 0 saturated carbocycles. The van der Waals surface area contributed by atoms with Gasteiger partial charge in [0.05, 0.1) is 6.04 Å². The summed E-state index contributed by atoms with van der Waals surface area (Å²) in [6.45, 7) is 1.20. The highest BCUT2D eigenvalue weighted by molar-refractivity contribution is 5.60. The second-order valence-electron chi connectivity index (χ2n) is 2.14. The summed E-state index contributed by atoms with van der Waals surface area (Å²) in [7, 11) is 0. The summed E-state index contributed by atoms with van der Waals surface area (Å²) >= 11 is 0. The van der Waals surface area contributed by atoms with Gasteiger partial charge in [0.1, 0.15) is 0 Å². The van der Waals surface area contributed by atoms with Gasteiger partial charge < -0.3 is 0 Å². The van der Waals surface area contributed by atoms with Gasteiger partial charge in [-0.15, -0.1) is 0 Å². The largest absolute Gasteiger partial charge is 0.294 e. The van der Waals surface area contributed by atoms with Crippen LogP contribution in [0.25, 0.3) is 0 Å². The molecule has 0 N–H and O–H groups in total. The fraction of sp³-hybridized carbons (Fsp3) is 0.800. The molecule has 1 saturated heterocycles. The van der Waals surface area contributed by atoms with Crippen molar-refractivity contribution in [3.05, 3.63) is 0 Å². The summed E-state index contributed by atoms with van der Waals surface area (Å²) in [5, 5.41) is 6.27. The molecular weight excluding hydrogens is 88.1 g/mol. The third kappa shape index (κ3) is 0.315. The van der Waals surface area contributed by atoms with E-state index in [2.05, 4.69) is 10.1 Å². The predicted molar refractivity (Wildman–Crippen MR) is 28.2 cm³/mol. The van der Waals surface area contributed by atoms with Crippen molar-refractivity contribution in [2.45, 2.75) is 18.9 Å². The number of fused-ring (bicyclic) bond motifs is 1. The quantitative estimate of drug-likeness (QED) is 0.427. The molecular formula is C5H8N2. The van der Waals surface area contributed by atoms with E-state index in [1.165, 1.54) is 19.4 Å². The highest BCUT2D eigenvalue weighted by Crippen LogP contribution is 2.23. The zero-order chi connectivity index (χ0) is 4.69. The van der Waals surface area contributed by atoms with Crippen molar-refractivity contribution in [3.8, 4) is 0 Å². The molecule has 2 aliphatic rings. The van der Waals surface area contributed by atoms with Crippen molar-refractivity contribution < 1.29 is 0 Å². The van der Waals surface area contributed by atoms with Crippen molar-refractivity contribution in [2.24, 2.45) is 5.10 Å². The van der Waals surface area contributed by atoms with Crippen molar-refractivity contribution in [1.82, 2.24) is 5.01 Å². The molecule has 2 rings (SSSR count). The Morgan fingerprint density at radius 2 is 2.71 bits per heavy atom. The van der Waals surface area contributed by atoms with Crippen LogP contribution in [0.5, 0.6) is 0 Å². The van der Waals surface area contributed by atoms with Crippen molar-refractivity contribution >= 4 is 6.21 Å². The summed E-state index contributed by atoms with van der Waals surface area (Å²) < 4.78 is 0. The number of hydrogen-bond acceptors (Lipinski definition) is 2. The van der Waals surface area contributed by atoms with Gasteiger partial charge in [-0.1, -0.05) is 0 Å². The van der Waals surface area contributed by atoms with Gasteiger partial charge in [0.15, 0.2) is 0 Å². The SMILES string of the molecule is C1=NN2CCC2C1. The van der Waals surface area contributed by atoms with Gasteiger partial charge >= 0.3 is 0 Å². The predicted octanol–water partition coefficient (Wildman–Crippen LogP) is 0.450.